The van der Waals surface area contributed by atoms with Gasteiger partial charge in [-0.15, -0.1) is 5.10 Å². The average molecular weight is 352 g/mol. The fourth-order valence-electron chi connectivity index (χ4n) is 3.46. The van der Waals surface area contributed by atoms with Gasteiger partial charge in [-0.3, -0.25) is 9.89 Å². The van der Waals surface area contributed by atoms with Crippen molar-refractivity contribution in [2.24, 2.45) is 0 Å². The number of aromatic nitrogens is 7. The standard InChI is InChI=1S/C17H20N8O/c1-12-20-22-23-25(12)15(13-5-3-2-4-6-13)17(26)24-9-7-14(8-10-24)16-18-11-19-21-16/h2-6,11,14-15H,7-10H2,1H3,(H,18,19,21)/t15-/m0/s1. The first-order valence-electron chi connectivity index (χ1n) is 8.67. The molecule has 0 unspecified atom stereocenters. The molecule has 1 fully saturated rings. The molecule has 9 nitrogen and oxygen atoms in total. The summed E-state index contributed by atoms with van der Waals surface area (Å²) in [5.74, 6) is 1.84. The summed E-state index contributed by atoms with van der Waals surface area (Å²) in [6.45, 7) is 3.16. The smallest absolute Gasteiger partial charge is 0.252 e. The van der Waals surface area contributed by atoms with Gasteiger partial charge in [-0.05, 0) is 35.8 Å². The van der Waals surface area contributed by atoms with Crippen LogP contribution in [0.1, 0.15) is 42.0 Å². The van der Waals surface area contributed by atoms with Gasteiger partial charge in [-0.25, -0.2) is 9.67 Å². The van der Waals surface area contributed by atoms with Crippen LogP contribution in [-0.2, 0) is 4.79 Å². The van der Waals surface area contributed by atoms with Crippen molar-refractivity contribution >= 4 is 5.91 Å². The minimum atomic E-state index is -0.548. The molecular formula is C17H20N8O. The number of nitrogens with zero attached hydrogens (tertiary/aromatic N) is 7. The number of benzene rings is 1. The van der Waals surface area contributed by atoms with Gasteiger partial charge in [0.1, 0.15) is 18.0 Å². The monoisotopic (exact) mass is 352 g/mol. The summed E-state index contributed by atoms with van der Waals surface area (Å²) in [5.41, 5.74) is 0.880. The van der Waals surface area contributed by atoms with E-state index in [0.29, 0.717) is 24.8 Å². The molecule has 2 aromatic heterocycles. The van der Waals surface area contributed by atoms with Crippen molar-refractivity contribution < 1.29 is 4.79 Å². The molecule has 3 aromatic rings. The molecule has 3 heterocycles. The highest BCUT2D eigenvalue weighted by Gasteiger charge is 2.33. The first kappa shape index (κ1) is 16.4. The molecule has 0 saturated carbocycles. The molecule has 1 amide bonds. The molecule has 1 atom stereocenters. The number of hydrogen-bond acceptors (Lipinski definition) is 6. The Labute approximate surface area is 150 Å². The normalized spacial score (nSPS) is 16.6. The Morgan fingerprint density at radius 3 is 2.62 bits per heavy atom. The maximum absolute atomic E-state index is 13.3. The molecule has 1 aromatic carbocycles. The van der Waals surface area contributed by atoms with Crippen LogP contribution in [0.15, 0.2) is 36.7 Å². The third-order valence-electron chi connectivity index (χ3n) is 4.88. The van der Waals surface area contributed by atoms with Crippen LogP contribution >= 0.6 is 0 Å². The summed E-state index contributed by atoms with van der Waals surface area (Å²) in [6.07, 6.45) is 3.24. The summed E-state index contributed by atoms with van der Waals surface area (Å²) in [7, 11) is 0. The zero-order valence-corrected chi connectivity index (χ0v) is 14.5. The Kier molecular flexibility index (Phi) is 4.42. The average Bonchev–Trinajstić information content (AvgIpc) is 3.36. The first-order valence-corrected chi connectivity index (χ1v) is 8.67. The summed E-state index contributed by atoms with van der Waals surface area (Å²) in [5, 5.41) is 18.6. The number of likely N-dealkylation sites (tertiary alicyclic amines) is 1. The Balaban J connectivity index is 1.55. The summed E-state index contributed by atoms with van der Waals surface area (Å²) >= 11 is 0. The molecule has 0 bridgehead atoms. The Bertz CT molecular complexity index is 852. The van der Waals surface area contributed by atoms with Crippen molar-refractivity contribution in [3.8, 4) is 0 Å². The minimum Gasteiger partial charge on any atom is -0.340 e. The van der Waals surface area contributed by atoms with Crippen LogP contribution in [-0.4, -0.2) is 59.3 Å². The molecule has 1 aliphatic heterocycles. The number of hydrogen-bond donors (Lipinski definition) is 1. The van der Waals surface area contributed by atoms with Crippen molar-refractivity contribution in [2.75, 3.05) is 13.1 Å². The van der Waals surface area contributed by atoms with E-state index in [-0.39, 0.29) is 5.91 Å². The number of H-pyrrole nitrogens is 1. The molecule has 4 rings (SSSR count). The Morgan fingerprint density at radius 1 is 1.23 bits per heavy atom. The zero-order chi connectivity index (χ0) is 17.9. The Hall–Kier alpha value is -3.10. The predicted molar refractivity (Wildman–Crippen MR) is 92.1 cm³/mol. The van der Waals surface area contributed by atoms with Gasteiger partial charge < -0.3 is 4.90 Å². The lowest BCUT2D eigenvalue weighted by atomic mass is 9.95. The first-order chi connectivity index (χ1) is 12.7. The number of piperidine rings is 1. The van der Waals surface area contributed by atoms with Crippen LogP contribution < -0.4 is 0 Å². The van der Waals surface area contributed by atoms with Crippen LogP contribution in [0.5, 0.6) is 0 Å². The fraction of sp³-hybridized carbons (Fsp3) is 0.412. The molecule has 1 N–H and O–H groups in total. The van der Waals surface area contributed by atoms with E-state index in [1.807, 2.05) is 35.2 Å². The van der Waals surface area contributed by atoms with Gasteiger partial charge in [0, 0.05) is 19.0 Å². The van der Waals surface area contributed by atoms with Gasteiger partial charge in [-0.2, -0.15) is 5.10 Å². The van der Waals surface area contributed by atoms with Crippen molar-refractivity contribution in [1.82, 2.24) is 40.3 Å². The largest absolute Gasteiger partial charge is 0.340 e. The summed E-state index contributed by atoms with van der Waals surface area (Å²) < 4.78 is 1.60. The van der Waals surface area contributed by atoms with Gasteiger partial charge >= 0.3 is 0 Å². The SMILES string of the molecule is Cc1nnnn1[C@H](C(=O)N1CCC(c2ncn[nH]2)CC1)c1ccccc1. The number of rotatable bonds is 4. The minimum absolute atomic E-state index is 0.0163. The van der Waals surface area contributed by atoms with Crippen LogP contribution in [0, 0.1) is 6.92 Å². The molecule has 134 valence electrons. The van der Waals surface area contributed by atoms with Crippen LogP contribution in [0.4, 0.5) is 0 Å². The quantitative estimate of drug-likeness (QED) is 0.754. The lowest BCUT2D eigenvalue weighted by Crippen LogP contribution is -2.43. The van der Waals surface area contributed by atoms with E-state index < -0.39 is 6.04 Å². The maximum atomic E-state index is 13.3. The third kappa shape index (κ3) is 3.07. The van der Waals surface area contributed by atoms with Crippen LogP contribution in [0.25, 0.3) is 0 Å². The van der Waals surface area contributed by atoms with Crippen molar-refractivity contribution in [3.63, 3.8) is 0 Å². The molecule has 0 spiro atoms. The number of carbonyl (C=O) groups is 1. The number of carbonyl (C=O) groups excluding carboxylic acids is 1. The molecule has 26 heavy (non-hydrogen) atoms. The van der Waals surface area contributed by atoms with Gasteiger partial charge in [0.2, 0.25) is 0 Å². The van der Waals surface area contributed by atoms with E-state index in [0.717, 1.165) is 24.2 Å². The lowest BCUT2D eigenvalue weighted by Gasteiger charge is -2.33. The summed E-state index contributed by atoms with van der Waals surface area (Å²) in [6, 6.07) is 9.10. The van der Waals surface area contributed by atoms with Gasteiger partial charge in [0.25, 0.3) is 5.91 Å². The number of tetrazole rings is 1. The third-order valence-corrected chi connectivity index (χ3v) is 4.88. The number of amides is 1. The van der Waals surface area contributed by atoms with Gasteiger partial charge in [0.15, 0.2) is 6.04 Å². The van der Waals surface area contributed by atoms with Crippen LogP contribution in [0.2, 0.25) is 0 Å². The zero-order valence-electron chi connectivity index (χ0n) is 14.5. The van der Waals surface area contributed by atoms with E-state index in [1.54, 1.807) is 11.6 Å². The molecule has 1 saturated heterocycles. The molecule has 0 aliphatic carbocycles. The summed E-state index contributed by atoms with van der Waals surface area (Å²) in [4.78, 5) is 19.5. The van der Waals surface area contributed by atoms with Gasteiger partial charge in [-0.1, -0.05) is 30.3 Å². The predicted octanol–water partition coefficient (Wildman–Crippen LogP) is 1.10. The van der Waals surface area contributed by atoms with Gasteiger partial charge in [0.05, 0.1) is 0 Å². The van der Waals surface area contributed by atoms with Crippen molar-refractivity contribution in [2.45, 2.75) is 31.7 Å². The van der Waals surface area contributed by atoms with E-state index in [1.165, 1.54) is 6.33 Å². The number of aryl methyl sites for hydroxylation is 1. The fourth-order valence-corrected chi connectivity index (χ4v) is 3.46. The number of aromatic amines is 1. The van der Waals surface area contributed by atoms with E-state index in [2.05, 4.69) is 30.7 Å². The molecular weight excluding hydrogens is 332 g/mol. The van der Waals surface area contributed by atoms with Crippen molar-refractivity contribution in [3.05, 3.63) is 53.9 Å². The molecule has 9 heteroatoms. The Morgan fingerprint density at radius 2 is 2.00 bits per heavy atom. The van der Waals surface area contributed by atoms with E-state index >= 15 is 0 Å². The maximum Gasteiger partial charge on any atom is 0.252 e. The molecule has 1 aliphatic rings. The highest BCUT2D eigenvalue weighted by atomic mass is 16.2. The second-order valence-electron chi connectivity index (χ2n) is 6.45. The van der Waals surface area contributed by atoms with Crippen LogP contribution in [0.3, 0.4) is 0 Å². The topological polar surface area (TPSA) is 105 Å². The second-order valence-corrected chi connectivity index (χ2v) is 6.45. The highest BCUT2D eigenvalue weighted by molar-refractivity contribution is 5.83. The molecule has 0 radical (unpaired) electrons. The lowest BCUT2D eigenvalue weighted by molar-refractivity contribution is -0.135. The van der Waals surface area contributed by atoms with Crippen molar-refractivity contribution in [1.29, 1.82) is 0 Å². The second kappa shape index (κ2) is 7.03. The number of nitrogens with one attached hydrogen (secondary N) is 1. The van der Waals surface area contributed by atoms with E-state index in [9.17, 15) is 4.79 Å². The highest BCUT2D eigenvalue weighted by Crippen LogP contribution is 2.28. The van der Waals surface area contributed by atoms with E-state index in [4.69, 9.17) is 0 Å².